The summed E-state index contributed by atoms with van der Waals surface area (Å²) in [6.45, 7) is 0. The van der Waals surface area contributed by atoms with Gasteiger partial charge in [-0.1, -0.05) is 0 Å². The van der Waals surface area contributed by atoms with Crippen LogP contribution >= 0.6 is 20.1 Å². The Labute approximate surface area is 55.9 Å². The van der Waals surface area contributed by atoms with Crippen LogP contribution in [0.2, 0.25) is 0 Å². The van der Waals surface area contributed by atoms with Gasteiger partial charge in [0.05, 0.1) is 0 Å². The molecule has 2 N–H and O–H groups in total. The van der Waals surface area contributed by atoms with Crippen LogP contribution in [-0.2, 0) is 4.79 Å². The minimum atomic E-state index is -0.862. The summed E-state index contributed by atoms with van der Waals surface area (Å²) in [6.07, 6.45) is 0.731. The fraction of sp³-hybridized carbons (Fsp3) is 0.750. The number of hydrogen-bond acceptors (Lipinski definition) is 2. The number of hydrazine groups is 1. The van der Waals surface area contributed by atoms with E-state index in [2.05, 4.69) is 14.0 Å². The van der Waals surface area contributed by atoms with Gasteiger partial charge in [0.2, 0.25) is 0 Å². The van der Waals surface area contributed by atoms with E-state index in [1.165, 1.54) is 0 Å². The van der Waals surface area contributed by atoms with Gasteiger partial charge >= 0.3 is 55.6 Å². The van der Waals surface area contributed by atoms with Crippen molar-refractivity contribution in [3.8, 4) is 0 Å². The first-order valence-electron chi connectivity index (χ1n) is 2.39. The zero-order chi connectivity index (χ0) is 5.98. The van der Waals surface area contributed by atoms with E-state index in [4.69, 9.17) is 0 Å². The Balaban J connectivity index is 2.29. The third-order valence-corrected chi connectivity index (χ3v) is 4.30. The summed E-state index contributed by atoms with van der Waals surface area (Å²) < 4.78 is 4.10. The summed E-state index contributed by atoms with van der Waals surface area (Å²) in [5.41, 5.74) is 2.61. The molecule has 1 rings (SSSR count). The Bertz CT molecular complexity index is 96.2. The Morgan fingerprint density at radius 3 is 2.88 bits per heavy atom. The quantitative estimate of drug-likeness (QED) is 0.349. The zero-order valence-corrected chi connectivity index (χ0v) is 6.86. The van der Waals surface area contributed by atoms with Gasteiger partial charge in [0.1, 0.15) is 0 Å². The Hall–Kier alpha value is 0.160. The van der Waals surface area contributed by atoms with Crippen molar-refractivity contribution in [1.82, 2.24) is 9.06 Å². The fourth-order valence-electron chi connectivity index (χ4n) is 0.471. The average molecular weight is 228 g/mol. The van der Waals surface area contributed by atoms with Crippen LogP contribution in [0, 0.1) is 0 Å². The second kappa shape index (κ2) is 2.63. The van der Waals surface area contributed by atoms with Crippen molar-refractivity contribution in [2.45, 2.75) is 6.42 Å². The molecule has 0 aliphatic carbocycles. The zero-order valence-electron chi connectivity index (χ0n) is 4.70. The van der Waals surface area contributed by atoms with E-state index < -0.39 is 20.1 Å². The third-order valence-electron chi connectivity index (χ3n) is 0.953. The van der Waals surface area contributed by atoms with E-state index in [0.717, 1.165) is 10.8 Å². The first-order chi connectivity index (χ1) is 3.79. The van der Waals surface area contributed by atoms with Gasteiger partial charge < -0.3 is 0 Å². The number of hydrogen-bond donors (Lipinski definition) is 2. The Kier molecular flexibility index (Phi) is 2.07. The molecule has 1 amide bonds. The molecule has 48 valence electrons. The topological polar surface area (TPSA) is 41.1 Å². The normalized spacial score (nSPS) is 25.1. The summed E-state index contributed by atoms with van der Waals surface area (Å²) in [6, 6.07) is 0. The van der Waals surface area contributed by atoms with Gasteiger partial charge in [-0.15, -0.1) is 0 Å². The van der Waals surface area contributed by atoms with E-state index in [0.29, 0.717) is 0 Å². The minimum absolute atomic E-state index is 0.139. The van der Waals surface area contributed by atoms with Crippen molar-refractivity contribution in [2.75, 3.05) is 9.36 Å². The van der Waals surface area contributed by atoms with Gasteiger partial charge in [-0.3, -0.25) is 0 Å². The van der Waals surface area contributed by atoms with E-state index in [1.807, 2.05) is 0 Å². The van der Waals surface area contributed by atoms with Crippen LogP contribution in [0.1, 0.15) is 6.42 Å². The van der Waals surface area contributed by atoms with E-state index in [9.17, 15) is 4.79 Å². The van der Waals surface area contributed by atoms with Crippen molar-refractivity contribution in [3.05, 3.63) is 0 Å². The van der Waals surface area contributed by atoms with E-state index in [1.54, 1.807) is 0 Å². The number of halogens is 1. The number of nitrogens with one attached hydrogen (secondary N) is 2. The molecule has 0 aromatic rings. The molecular weight excluding hydrogens is 219 g/mol. The van der Waals surface area contributed by atoms with Crippen molar-refractivity contribution < 1.29 is 4.79 Å². The average Bonchev–Trinajstić information content (AvgIpc) is 1.77. The van der Waals surface area contributed by atoms with Crippen molar-refractivity contribution in [2.24, 2.45) is 0 Å². The molecule has 1 heterocycles. The van der Waals surface area contributed by atoms with Gasteiger partial charge in [0, 0.05) is 0 Å². The predicted molar refractivity (Wildman–Crippen MR) is 40.7 cm³/mol. The Morgan fingerprint density at radius 1 is 1.75 bits per heavy atom. The van der Waals surface area contributed by atoms with Crippen LogP contribution in [0.5, 0.6) is 0 Å². The predicted octanol–water partition coefficient (Wildman–Crippen LogP) is 0.0621. The van der Waals surface area contributed by atoms with Gasteiger partial charge in [-0.2, -0.15) is 0 Å². The molecule has 0 spiro atoms. The molecule has 0 atom stereocenters. The maximum atomic E-state index is 10.5. The molecule has 0 bridgehead atoms. The number of carbonyl (C=O) groups is 1. The van der Waals surface area contributed by atoms with Gasteiger partial charge in [0.25, 0.3) is 0 Å². The summed E-state index contributed by atoms with van der Waals surface area (Å²) >= 11 is -0.862. The standard InChI is InChI=1S/C4H9IN2O/c1-5-3-2-4(8)6-7-5/h7H,2-3H2,1H3,(H,6,8). The van der Waals surface area contributed by atoms with Crippen molar-refractivity contribution >= 4 is 26.0 Å². The summed E-state index contributed by atoms with van der Waals surface area (Å²) in [4.78, 5) is 12.7. The molecule has 0 saturated carbocycles. The van der Waals surface area contributed by atoms with Crippen molar-refractivity contribution in [1.29, 1.82) is 0 Å². The van der Waals surface area contributed by atoms with Gasteiger partial charge in [-0.05, 0) is 0 Å². The van der Waals surface area contributed by atoms with Crippen LogP contribution in [0.25, 0.3) is 0 Å². The van der Waals surface area contributed by atoms with E-state index >= 15 is 0 Å². The molecule has 1 fully saturated rings. The van der Waals surface area contributed by atoms with E-state index in [-0.39, 0.29) is 5.91 Å². The second-order valence-electron chi connectivity index (χ2n) is 1.67. The molecule has 1 aliphatic heterocycles. The fourth-order valence-corrected chi connectivity index (χ4v) is 2.80. The van der Waals surface area contributed by atoms with Crippen LogP contribution < -0.4 is 9.06 Å². The van der Waals surface area contributed by atoms with Crippen LogP contribution in [0.4, 0.5) is 0 Å². The molecule has 8 heavy (non-hydrogen) atoms. The number of alkyl halides is 2. The SMILES string of the molecule is CI1CCC(=O)NN1. The van der Waals surface area contributed by atoms with Gasteiger partial charge in [0.15, 0.2) is 0 Å². The first kappa shape index (κ1) is 6.28. The molecule has 0 unspecified atom stereocenters. The molecule has 0 radical (unpaired) electrons. The molecular formula is C4H9IN2O. The molecule has 1 aliphatic rings. The maximum absolute atomic E-state index is 10.5. The molecule has 1 saturated heterocycles. The molecule has 3 nitrogen and oxygen atoms in total. The Morgan fingerprint density at radius 2 is 2.50 bits per heavy atom. The summed E-state index contributed by atoms with van der Waals surface area (Å²) in [5, 5.41) is 0. The van der Waals surface area contributed by atoms with Crippen LogP contribution in [0.3, 0.4) is 0 Å². The monoisotopic (exact) mass is 228 g/mol. The molecule has 0 aromatic heterocycles. The summed E-state index contributed by atoms with van der Waals surface area (Å²) in [7, 11) is 0. The first-order valence-corrected chi connectivity index (χ1v) is 7.15. The number of carbonyl (C=O) groups excluding carboxylic acids is 1. The van der Waals surface area contributed by atoms with Gasteiger partial charge in [-0.25, -0.2) is 0 Å². The van der Waals surface area contributed by atoms with Crippen molar-refractivity contribution in [3.63, 3.8) is 0 Å². The van der Waals surface area contributed by atoms with Crippen LogP contribution in [-0.4, -0.2) is 15.3 Å². The van der Waals surface area contributed by atoms with Crippen LogP contribution in [0.15, 0.2) is 0 Å². The number of rotatable bonds is 0. The summed E-state index contributed by atoms with van der Waals surface area (Å²) in [5.74, 6) is 0.139. The third kappa shape index (κ3) is 1.59. The molecule has 4 heteroatoms. The number of amides is 1. The molecule has 0 aromatic carbocycles. The second-order valence-corrected chi connectivity index (χ2v) is 6.66.